The molecule has 2 aliphatic rings. The van der Waals surface area contributed by atoms with E-state index in [2.05, 4.69) is 4.98 Å². The number of rotatable bonds is 4. The smallest absolute Gasteiger partial charge is 0.258 e. The van der Waals surface area contributed by atoms with Gasteiger partial charge in [-0.15, -0.1) is 0 Å². The van der Waals surface area contributed by atoms with Crippen LogP contribution in [0.1, 0.15) is 41.6 Å². The van der Waals surface area contributed by atoms with Crippen molar-refractivity contribution in [1.82, 2.24) is 9.88 Å². The van der Waals surface area contributed by atoms with Gasteiger partial charge in [0.05, 0.1) is 25.4 Å². The van der Waals surface area contributed by atoms with E-state index in [-0.39, 0.29) is 36.4 Å². The lowest BCUT2D eigenvalue weighted by atomic mass is 9.80. The molecule has 4 rings (SSSR count). The first-order chi connectivity index (χ1) is 13.5. The number of piperidine rings is 1. The summed E-state index contributed by atoms with van der Waals surface area (Å²) in [6, 6.07) is 7.97. The average Bonchev–Trinajstić information content (AvgIpc) is 2.99. The number of carbonyl (C=O) groups is 1. The molecule has 6 nitrogen and oxygen atoms in total. The zero-order valence-corrected chi connectivity index (χ0v) is 15.9. The van der Waals surface area contributed by atoms with E-state index in [1.165, 1.54) is 13.3 Å². The van der Waals surface area contributed by atoms with E-state index in [1.54, 1.807) is 37.4 Å². The van der Waals surface area contributed by atoms with Gasteiger partial charge < -0.3 is 19.5 Å². The highest BCUT2D eigenvalue weighted by Gasteiger charge is 2.51. The average molecular weight is 386 g/mol. The summed E-state index contributed by atoms with van der Waals surface area (Å²) in [5, 5.41) is 11.2. The molecule has 1 amide bonds. The third-order valence-electron chi connectivity index (χ3n) is 5.90. The fraction of sp³-hybridized carbons (Fsp3) is 0.429. The Balaban J connectivity index is 1.63. The fourth-order valence-electron chi connectivity index (χ4n) is 4.62. The Morgan fingerprint density at radius 3 is 2.54 bits per heavy atom. The van der Waals surface area contributed by atoms with E-state index in [1.807, 2.05) is 4.90 Å². The van der Waals surface area contributed by atoms with Crippen LogP contribution in [0.15, 0.2) is 36.5 Å². The highest BCUT2D eigenvalue weighted by atomic mass is 19.1. The largest absolute Gasteiger partial charge is 0.497 e. The Kier molecular flexibility index (Phi) is 4.71. The number of pyridine rings is 1. The van der Waals surface area contributed by atoms with Crippen LogP contribution in [0.2, 0.25) is 0 Å². The molecular weight excluding hydrogens is 363 g/mol. The number of nitrogens with zero attached hydrogens (tertiary/aromatic N) is 2. The molecule has 2 bridgehead atoms. The summed E-state index contributed by atoms with van der Waals surface area (Å²) in [6.07, 6.45) is 3.50. The van der Waals surface area contributed by atoms with Crippen LogP contribution in [0.3, 0.4) is 0 Å². The molecule has 2 atom stereocenters. The van der Waals surface area contributed by atoms with Gasteiger partial charge in [-0.05, 0) is 31.0 Å². The third-order valence-corrected chi connectivity index (χ3v) is 5.90. The minimum absolute atomic E-state index is 0.138. The highest BCUT2D eigenvalue weighted by Crippen LogP contribution is 2.47. The van der Waals surface area contributed by atoms with Crippen molar-refractivity contribution in [3.8, 4) is 11.5 Å². The number of ether oxygens (including phenoxy) is 2. The first-order valence-corrected chi connectivity index (χ1v) is 9.35. The maximum absolute atomic E-state index is 14.2. The van der Waals surface area contributed by atoms with Crippen LogP contribution < -0.4 is 9.47 Å². The van der Waals surface area contributed by atoms with Gasteiger partial charge >= 0.3 is 0 Å². The number of aliphatic hydroxyl groups is 1. The third kappa shape index (κ3) is 2.99. The molecule has 28 heavy (non-hydrogen) atoms. The summed E-state index contributed by atoms with van der Waals surface area (Å²) in [5.41, 5.74) is -0.649. The predicted octanol–water partition coefficient (Wildman–Crippen LogP) is 2.89. The molecule has 2 aromatic rings. The number of methoxy groups -OCH3 is 2. The summed E-state index contributed by atoms with van der Waals surface area (Å²) in [5.74, 6) is 0.265. The van der Waals surface area contributed by atoms with Crippen LogP contribution in [0.25, 0.3) is 0 Å². The van der Waals surface area contributed by atoms with E-state index < -0.39 is 11.5 Å². The molecule has 2 unspecified atom stereocenters. The van der Waals surface area contributed by atoms with Crippen LogP contribution in [0, 0.1) is 5.95 Å². The van der Waals surface area contributed by atoms with Crippen LogP contribution >= 0.6 is 0 Å². The number of aromatic nitrogens is 1. The van der Waals surface area contributed by atoms with E-state index in [4.69, 9.17) is 9.47 Å². The molecule has 0 saturated carbocycles. The molecule has 2 fully saturated rings. The lowest BCUT2D eigenvalue weighted by molar-refractivity contribution is -0.0504. The van der Waals surface area contributed by atoms with Crippen LogP contribution in [-0.4, -0.2) is 47.2 Å². The second-order valence-corrected chi connectivity index (χ2v) is 7.45. The van der Waals surface area contributed by atoms with Crippen molar-refractivity contribution in [2.45, 2.75) is 43.4 Å². The van der Waals surface area contributed by atoms with E-state index >= 15 is 0 Å². The Morgan fingerprint density at radius 1 is 1.21 bits per heavy atom. The maximum atomic E-state index is 14.2. The number of hydrogen-bond acceptors (Lipinski definition) is 5. The molecule has 2 saturated heterocycles. The molecule has 0 radical (unpaired) electrons. The van der Waals surface area contributed by atoms with Crippen molar-refractivity contribution < 1.29 is 23.8 Å². The maximum Gasteiger partial charge on any atom is 0.258 e. The van der Waals surface area contributed by atoms with Crippen LogP contribution in [0.4, 0.5) is 4.39 Å². The van der Waals surface area contributed by atoms with Gasteiger partial charge in [-0.25, -0.2) is 4.98 Å². The van der Waals surface area contributed by atoms with Gasteiger partial charge in [0.2, 0.25) is 5.95 Å². The molecule has 3 heterocycles. The summed E-state index contributed by atoms with van der Waals surface area (Å²) in [7, 11) is 3.07. The van der Waals surface area contributed by atoms with Crippen molar-refractivity contribution in [3.05, 3.63) is 53.6 Å². The lowest BCUT2D eigenvalue weighted by Crippen LogP contribution is -2.52. The van der Waals surface area contributed by atoms with Crippen molar-refractivity contribution in [2.75, 3.05) is 14.2 Å². The minimum atomic E-state index is -1.31. The van der Waals surface area contributed by atoms with Gasteiger partial charge in [0.1, 0.15) is 11.5 Å². The Morgan fingerprint density at radius 2 is 1.93 bits per heavy atom. The minimum Gasteiger partial charge on any atom is -0.497 e. The molecule has 7 heteroatoms. The zero-order chi connectivity index (χ0) is 19.9. The summed E-state index contributed by atoms with van der Waals surface area (Å²) >= 11 is 0. The van der Waals surface area contributed by atoms with E-state index in [9.17, 15) is 14.3 Å². The number of hydrogen-bond donors (Lipinski definition) is 1. The first kappa shape index (κ1) is 18.7. The van der Waals surface area contributed by atoms with Crippen LogP contribution in [0.5, 0.6) is 11.5 Å². The van der Waals surface area contributed by atoms with Crippen LogP contribution in [-0.2, 0) is 5.60 Å². The number of amides is 1. The van der Waals surface area contributed by atoms with Gasteiger partial charge in [0.15, 0.2) is 0 Å². The van der Waals surface area contributed by atoms with Crippen molar-refractivity contribution in [3.63, 3.8) is 0 Å². The Bertz CT molecular complexity index is 890. The van der Waals surface area contributed by atoms with Gasteiger partial charge in [0.25, 0.3) is 5.91 Å². The number of fused-ring (bicyclic) bond motifs is 2. The molecule has 0 aliphatic carbocycles. The lowest BCUT2D eigenvalue weighted by Gasteiger charge is -2.44. The topological polar surface area (TPSA) is 71.9 Å². The van der Waals surface area contributed by atoms with E-state index in [0.29, 0.717) is 17.1 Å². The molecular formula is C21H23FN2O4. The van der Waals surface area contributed by atoms with E-state index in [0.717, 1.165) is 12.8 Å². The van der Waals surface area contributed by atoms with Crippen molar-refractivity contribution >= 4 is 5.91 Å². The molecule has 148 valence electrons. The van der Waals surface area contributed by atoms with Crippen molar-refractivity contribution in [1.29, 1.82) is 0 Å². The summed E-state index contributed by atoms with van der Waals surface area (Å²) < 4.78 is 24.8. The van der Waals surface area contributed by atoms with Gasteiger partial charge in [0, 0.05) is 42.8 Å². The quantitative estimate of drug-likeness (QED) is 0.818. The first-order valence-electron chi connectivity index (χ1n) is 9.35. The second-order valence-electron chi connectivity index (χ2n) is 7.45. The standard InChI is InChI=1S/C21H23FN2O4/c1-27-15-7-8-16(18(10-15)28-2)20(25)24-13-5-6-14(24)12-21(26,11-13)17-4-3-9-23-19(17)22/h3-4,7-10,13-14,26H,5-6,11-12H2,1-2H3. The molecule has 0 spiro atoms. The molecule has 1 N–H and O–H groups in total. The normalized spacial score (nSPS) is 26.2. The highest BCUT2D eigenvalue weighted by molar-refractivity contribution is 5.97. The summed E-state index contributed by atoms with van der Waals surface area (Å²) in [4.78, 5) is 18.8. The fourth-order valence-corrected chi connectivity index (χ4v) is 4.62. The number of halogens is 1. The number of carbonyl (C=O) groups excluding carboxylic acids is 1. The van der Waals surface area contributed by atoms with Crippen molar-refractivity contribution in [2.24, 2.45) is 0 Å². The van der Waals surface area contributed by atoms with Gasteiger partial charge in [-0.1, -0.05) is 6.07 Å². The predicted molar refractivity (Wildman–Crippen MR) is 99.9 cm³/mol. The molecule has 2 aliphatic heterocycles. The zero-order valence-electron chi connectivity index (χ0n) is 15.9. The Hall–Kier alpha value is -2.67. The molecule has 1 aromatic heterocycles. The SMILES string of the molecule is COc1ccc(C(=O)N2C3CCC2CC(O)(c2cccnc2F)C3)c(OC)c1. The second kappa shape index (κ2) is 7.05. The number of benzene rings is 1. The molecule has 1 aromatic carbocycles. The Labute approximate surface area is 162 Å². The van der Waals surface area contributed by atoms with Gasteiger partial charge in [-0.3, -0.25) is 4.79 Å². The monoisotopic (exact) mass is 386 g/mol. The summed E-state index contributed by atoms with van der Waals surface area (Å²) in [6.45, 7) is 0. The van der Waals surface area contributed by atoms with Gasteiger partial charge in [-0.2, -0.15) is 4.39 Å².